The zero-order valence-corrected chi connectivity index (χ0v) is 14.0. The fourth-order valence-electron chi connectivity index (χ4n) is 4.06. The van der Waals surface area contributed by atoms with Gasteiger partial charge in [-0.25, -0.2) is 13.8 Å². The summed E-state index contributed by atoms with van der Waals surface area (Å²) in [5.74, 6) is 1.42. The summed E-state index contributed by atoms with van der Waals surface area (Å²) in [7, 11) is -2.92. The Morgan fingerprint density at radius 2 is 2.27 bits per heavy atom. The quantitative estimate of drug-likeness (QED) is 0.634. The number of rotatable bonds is 4. The second kappa shape index (κ2) is 5.48. The van der Waals surface area contributed by atoms with Gasteiger partial charge in [0.2, 0.25) is 5.91 Å². The van der Waals surface area contributed by atoms with Crippen molar-refractivity contribution in [1.29, 1.82) is 0 Å². The molecule has 22 heavy (non-hydrogen) atoms. The van der Waals surface area contributed by atoms with Crippen LogP contribution in [0.1, 0.15) is 39.5 Å². The van der Waals surface area contributed by atoms with E-state index in [4.69, 9.17) is 0 Å². The maximum absolute atomic E-state index is 11.8. The van der Waals surface area contributed by atoms with Crippen LogP contribution in [0, 0.1) is 23.2 Å². The van der Waals surface area contributed by atoms with Crippen LogP contribution in [0.5, 0.6) is 0 Å². The van der Waals surface area contributed by atoms with Gasteiger partial charge in [0, 0.05) is 6.42 Å². The first kappa shape index (κ1) is 15.7. The second-order valence-corrected chi connectivity index (χ2v) is 9.74. The molecule has 1 aliphatic heterocycles. The van der Waals surface area contributed by atoms with Gasteiger partial charge in [-0.2, -0.15) is 5.10 Å². The van der Waals surface area contributed by atoms with Crippen molar-refractivity contribution in [2.75, 3.05) is 11.5 Å². The zero-order chi connectivity index (χ0) is 16.0. The molecule has 1 N–H and O–H groups in total. The fraction of sp³-hybridized carbons (Fsp3) is 0.750. The minimum absolute atomic E-state index is 0.0552. The van der Waals surface area contributed by atoms with Crippen molar-refractivity contribution >= 4 is 22.0 Å². The van der Waals surface area contributed by atoms with Gasteiger partial charge in [-0.3, -0.25) is 4.79 Å². The number of nitrogens with zero attached hydrogens (tertiary/aromatic N) is 1. The number of carbonyl (C=O) groups is 1. The maximum atomic E-state index is 11.8. The van der Waals surface area contributed by atoms with Crippen molar-refractivity contribution < 1.29 is 13.2 Å². The molecule has 1 saturated heterocycles. The van der Waals surface area contributed by atoms with E-state index in [9.17, 15) is 13.2 Å². The van der Waals surface area contributed by atoms with Crippen LogP contribution in [0.2, 0.25) is 0 Å². The molecular weight excluding hydrogens is 300 g/mol. The number of nitrogens with one attached hydrogen (secondary N) is 1. The van der Waals surface area contributed by atoms with Gasteiger partial charge in [-0.15, -0.1) is 0 Å². The molecule has 6 heteroatoms. The second-order valence-electron chi connectivity index (χ2n) is 7.51. The summed E-state index contributed by atoms with van der Waals surface area (Å²) in [6.07, 6.45) is 7.14. The largest absolute Gasteiger partial charge is 0.273 e. The number of hydrazone groups is 1. The normalized spacial score (nSPS) is 35.0. The summed E-state index contributed by atoms with van der Waals surface area (Å²) in [5.41, 5.74) is 4.11. The van der Waals surface area contributed by atoms with Crippen LogP contribution >= 0.6 is 0 Å². The minimum atomic E-state index is -2.92. The number of allylic oxidation sites excluding steroid dienone is 2. The molecule has 1 heterocycles. The molecule has 0 aromatic heterocycles. The molecule has 0 radical (unpaired) electrons. The van der Waals surface area contributed by atoms with Gasteiger partial charge >= 0.3 is 0 Å². The van der Waals surface area contributed by atoms with Crippen LogP contribution in [0.4, 0.5) is 0 Å². The van der Waals surface area contributed by atoms with Gasteiger partial charge in [0.05, 0.1) is 17.7 Å². The molecule has 0 aromatic rings. The lowest BCUT2D eigenvalue weighted by atomic mass is 9.49. The summed E-state index contributed by atoms with van der Waals surface area (Å²) in [6.45, 7) is 4.59. The predicted molar refractivity (Wildman–Crippen MR) is 86.1 cm³/mol. The van der Waals surface area contributed by atoms with Crippen LogP contribution < -0.4 is 5.43 Å². The van der Waals surface area contributed by atoms with E-state index >= 15 is 0 Å². The van der Waals surface area contributed by atoms with Gasteiger partial charge < -0.3 is 0 Å². The predicted octanol–water partition coefficient (Wildman–Crippen LogP) is 1.91. The fourth-order valence-corrected chi connectivity index (χ4v) is 5.93. The Balaban J connectivity index is 1.48. The van der Waals surface area contributed by atoms with E-state index in [0.717, 1.165) is 12.3 Å². The maximum Gasteiger partial charge on any atom is 0.240 e. The van der Waals surface area contributed by atoms with Crippen molar-refractivity contribution in [2.24, 2.45) is 28.3 Å². The van der Waals surface area contributed by atoms with Crippen LogP contribution in [0.25, 0.3) is 0 Å². The number of fused-ring (bicyclic) bond motifs is 1. The lowest BCUT2D eigenvalue weighted by Crippen LogP contribution is -2.48. The summed E-state index contributed by atoms with van der Waals surface area (Å²) < 4.78 is 22.8. The van der Waals surface area contributed by atoms with E-state index in [-0.39, 0.29) is 29.8 Å². The Kier molecular flexibility index (Phi) is 3.91. The van der Waals surface area contributed by atoms with E-state index in [0.29, 0.717) is 17.8 Å². The van der Waals surface area contributed by atoms with E-state index < -0.39 is 9.84 Å². The number of carbonyl (C=O) groups excluding carboxylic acids is 1. The highest BCUT2D eigenvalue weighted by atomic mass is 32.2. The van der Waals surface area contributed by atoms with Gasteiger partial charge in [-0.05, 0) is 48.0 Å². The monoisotopic (exact) mass is 324 g/mol. The summed E-state index contributed by atoms with van der Waals surface area (Å²) >= 11 is 0. The molecule has 3 aliphatic carbocycles. The zero-order valence-electron chi connectivity index (χ0n) is 13.2. The van der Waals surface area contributed by atoms with Gasteiger partial charge in [0.15, 0.2) is 9.84 Å². The van der Waals surface area contributed by atoms with Crippen LogP contribution in [-0.2, 0) is 14.6 Å². The highest BCUT2D eigenvalue weighted by Crippen LogP contribution is 2.58. The molecule has 3 unspecified atom stereocenters. The minimum Gasteiger partial charge on any atom is -0.273 e. The first-order valence-electron chi connectivity index (χ1n) is 8.00. The molecule has 2 bridgehead atoms. The molecule has 2 fully saturated rings. The summed E-state index contributed by atoms with van der Waals surface area (Å²) in [6, 6.07) is 0. The molecule has 0 aromatic carbocycles. The Morgan fingerprint density at radius 3 is 2.86 bits per heavy atom. The number of hydrogen-bond acceptors (Lipinski definition) is 4. The SMILES string of the molecule is CC1(C)C2CC=C(/C=N/NC(=O)CC3CCS(=O)(=O)C3)C1C2. The molecule has 3 atom stereocenters. The van der Waals surface area contributed by atoms with Crippen molar-refractivity contribution in [1.82, 2.24) is 5.43 Å². The van der Waals surface area contributed by atoms with Crippen molar-refractivity contribution in [3.05, 3.63) is 11.6 Å². The van der Waals surface area contributed by atoms with Gasteiger partial charge in [0.1, 0.15) is 0 Å². The first-order chi connectivity index (χ1) is 10.3. The van der Waals surface area contributed by atoms with Crippen LogP contribution in [0.3, 0.4) is 0 Å². The van der Waals surface area contributed by atoms with Crippen LogP contribution in [-0.4, -0.2) is 32.0 Å². The average molecular weight is 324 g/mol. The molecule has 5 nitrogen and oxygen atoms in total. The van der Waals surface area contributed by atoms with Crippen LogP contribution in [0.15, 0.2) is 16.8 Å². The van der Waals surface area contributed by atoms with Crippen molar-refractivity contribution in [3.63, 3.8) is 0 Å². The number of sulfone groups is 1. The Hall–Kier alpha value is -1.17. The topological polar surface area (TPSA) is 75.6 Å². The highest BCUT2D eigenvalue weighted by Gasteiger charge is 2.50. The third kappa shape index (κ3) is 2.98. The molecule has 4 aliphatic rings. The van der Waals surface area contributed by atoms with E-state index in [1.54, 1.807) is 6.21 Å². The third-order valence-corrected chi connectivity index (χ3v) is 7.55. The van der Waals surface area contributed by atoms with E-state index in [2.05, 4.69) is 30.5 Å². The summed E-state index contributed by atoms with van der Waals surface area (Å²) in [4.78, 5) is 11.8. The smallest absolute Gasteiger partial charge is 0.240 e. The number of hydrogen-bond donors (Lipinski definition) is 1. The van der Waals surface area contributed by atoms with E-state index in [1.165, 1.54) is 12.0 Å². The molecule has 1 amide bonds. The van der Waals surface area contributed by atoms with Crippen molar-refractivity contribution in [2.45, 2.75) is 39.5 Å². The Labute approximate surface area is 132 Å². The lowest BCUT2D eigenvalue weighted by Gasteiger charge is -2.55. The van der Waals surface area contributed by atoms with Gasteiger partial charge in [-0.1, -0.05) is 19.9 Å². The molecule has 4 rings (SSSR count). The van der Waals surface area contributed by atoms with E-state index in [1.807, 2.05) is 0 Å². The van der Waals surface area contributed by atoms with Gasteiger partial charge in [0.25, 0.3) is 0 Å². The lowest BCUT2D eigenvalue weighted by molar-refractivity contribution is -0.121. The molecule has 122 valence electrons. The number of amides is 1. The summed E-state index contributed by atoms with van der Waals surface area (Å²) in [5, 5.41) is 4.07. The molecule has 1 saturated carbocycles. The third-order valence-electron chi connectivity index (χ3n) is 5.71. The highest BCUT2D eigenvalue weighted by molar-refractivity contribution is 7.91. The standard InChI is InChI=1S/C16H24N2O3S/c1-16(2)13-4-3-12(14(16)8-13)9-17-18-15(19)7-11-5-6-22(20,21)10-11/h3,9,11,13-14H,4-8,10H2,1-2H3,(H,18,19)/b17-9+. The Bertz CT molecular complexity index is 634. The van der Waals surface area contributed by atoms with Crippen molar-refractivity contribution in [3.8, 4) is 0 Å². The molecular formula is C16H24N2O3S. The Morgan fingerprint density at radius 1 is 1.50 bits per heavy atom. The molecule has 0 spiro atoms. The first-order valence-corrected chi connectivity index (χ1v) is 9.82. The average Bonchev–Trinajstić information content (AvgIpc) is 2.77.